The van der Waals surface area contributed by atoms with Crippen LogP contribution in [0.2, 0.25) is 0 Å². The van der Waals surface area contributed by atoms with Gasteiger partial charge in [-0.1, -0.05) is 25.1 Å². The van der Waals surface area contributed by atoms with E-state index in [4.69, 9.17) is 0 Å². The first-order valence-corrected chi connectivity index (χ1v) is 7.77. The van der Waals surface area contributed by atoms with E-state index in [1.165, 1.54) is 22.1 Å². The summed E-state index contributed by atoms with van der Waals surface area (Å²) in [6.45, 7) is 3.04. The zero-order chi connectivity index (χ0) is 14.6. The van der Waals surface area contributed by atoms with Gasteiger partial charge in [0.15, 0.2) is 0 Å². The first-order valence-electron chi connectivity index (χ1n) is 7.77. The Morgan fingerprint density at radius 2 is 2.24 bits per heavy atom. The number of hydrogen-bond donors (Lipinski definition) is 0. The average Bonchev–Trinajstić information content (AvgIpc) is 2.88. The molecule has 0 amide bonds. The summed E-state index contributed by atoms with van der Waals surface area (Å²) in [5.41, 5.74) is 5.16. The van der Waals surface area contributed by atoms with E-state index < -0.39 is 0 Å². The molecular weight excluding hydrogens is 260 g/mol. The molecule has 21 heavy (non-hydrogen) atoms. The Morgan fingerprint density at radius 3 is 3.05 bits per heavy atom. The molecule has 0 N–H and O–H groups in total. The van der Waals surface area contributed by atoms with E-state index in [0.717, 1.165) is 24.9 Å². The van der Waals surface area contributed by atoms with E-state index in [2.05, 4.69) is 42.4 Å². The van der Waals surface area contributed by atoms with Crippen molar-refractivity contribution in [1.82, 2.24) is 9.47 Å². The number of benzene rings is 1. The Hall–Kier alpha value is -1.87. The predicted molar refractivity (Wildman–Crippen MR) is 85.6 cm³/mol. The molecule has 0 saturated heterocycles. The third-order valence-corrected chi connectivity index (χ3v) is 4.94. The van der Waals surface area contributed by atoms with Crippen molar-refractivity contribution in [2.75, 3.05) is 13.6 Å². The van der Waals surface area contributed by atoms with Crippen molar-refractivity contribution in [3.8, 4) is 0 Å². The van der Waals surface area contributed by atoms with E-state index in [1.54, 1.807) is 0 Å². The summed E-state index contributed by atoms with van der Waals surface area (Å²) in [7, 11) is 2.21. The Balaban J connectivity index is 1.99. The summed E-state index contributed by atoms with van der Waals surface area (Å²) in [6.07, 6.45) is 7.13. The molecule has 0 unspecified atom stereocenters. The number of aromatic nitrogens is 1. The van der Waals surface area contributed by atoms with Crippen LogP contribution in [-0.2, 0) is 6.42 Å². The number of carbonyl (C=O) groups excluding carboxylic acids is 1. The Labute approximate surface area is 124 Å². The number of nitrogens with zero attached hydrogens (tertiary/aromatic N) is 2. The van der Waals surface area contributed by atoms with Gasteiger partial charge in [0.25, 0.3) is 0 Å². The lowest BCUT2D eigenvalue weighted by Gasteiger charge is -2.36. The molecule has 1 atom stereocenters. The summed E-state index contributed by atoms with van der Waals surface area (Å²) in [5.74, 6) is 0.176. The molecule has 1 aliphatic heterocycles. The zero-order valence-electron chi connectivity index (χ0n) is 12.6. The molecular formula is C18H20N2O. The van der Waals surface area contributed by atoms with Crippen LogP contribution in [0, 0.1) is 0 Å². The predicted octanol–water partition coefficient (Wildman–Crippen LogP) is 3.34. The minimum atomic E-state index is 0.176. The quantitative estimate of drug-likeness (QED) is 0.800. The molecule has 0 bridgehead atoms. The fraction of sp³-hybridized carbons (Fsp3) is 0.389. The van der Waals surface area contributed by atoms with Crippen LogP contribution in [0.15, 0.2) is 30.5 Å². The van der Waals surface area contributed by atoms with Crippen LogP contribution in [0.3, 0.4) is 0 Å². The van der Waals surface area contributed by atoms with Gasteiger partial charge in [-0.3, -0.25) is 14.3 Å². The third kappa shape index (κ3) is 1.74. The molecule has 3 nitrogen and oxygen atoms in total. The van der Waals surface area contributed by atoms with E-state index in [1.807, 2.05) is 11.5 Å². The number of likely N-dealkylation sites (N-methyl/N-ethyl adjacent to an activating group) is 1. The average molecular weight is 280 g/mol. The second-order valence-electron chi connectivity index (χ2n) is 6.12. The van der Waals surface area contributed by atoms with Crippen molar-refractivity contribution in [1.29, 1.82) is 0 Å². The van der Waals surface area contributed by atoms with Crippen LogP contribution in [0.4, 0.5) is 0 Å². The van der Waals surface area contributed by atoms with Crippen molar-refractivity contribution < 1.29 is 4.79 Å². The van der Waals surface area contributed by atoms with Gasteiger partial charge < -0.3 is 0 Å². The number of hydrogen-bond acceptors (Lipinski definition) is 2. The van der Waals surface area contributed by atoms with Crippen molar-refractivity contribution in [2.45, 2.75) is 32.2 Å². The van der Waals surface area contributed by atoms with Gasteiger partial charge in [-0.15, -0.1) is 0 Å². The van der Waals surface area contributed by atoms with Crippen LogP contribution < -0.4 is 0 Å². The van der Waals surface area contributed by atoms with Crippen molar-refractivity contribution in [3.05, 3.63) is 41.6 Å². The molecule has 1 aliphatic carbocycles. The van der Waals surface area contributed by atoms with Crippen molar-refractivity contribution >= 4 is 22.4 Å². The third-order valence-electron chi connectivity index (χ3n) is 4.94. The molecule has 2 aromatic rings. The van der Waals surface area contributed by atoms with Crippen LogP contribution in [0.25, 0.3) is 16.5 Å². The molecule has 0 fully saturated rings. The lowest BCUT2D eigenvalue weighted by molar-refractivity contribution is 0.0914. The van der Waals surface area contributed by atoms with Crippen molar-refractivity contribution in [2.24, 2.45) is 0 Å². The minimum absolute atomic E-state index is 0.176. The molecule has 1 aromatic carbocycles. The zero-order valence-corrected chi connectivity index (χ0v) is 12.6. The molecule has 0 saturated carbocycles. The maximum atomic E-state index is 12.2. The van der Waals surface area contributed by atoms with Gasteiger partial charge in [0, 0.05) is 30.6 Å². The Kier molecular flexibility index (Phi) is 2.79. The lowest BCUT2D eigenvalue weighted by atomic mass is 9.82. The molecule has 2 heterocycles. The van der Waals surface area contributed by atoms with Gasteiger partial charge in [0.05, 0.1) is 5.52 Å². The van der Waals surface area contributed by atoms with Gasteiger partial charge in [0.2, 0.25) is 5.91 Å². The Morgan fingerprint density at radius 1 is 1.38 bits per heavy atom. The van der Waals surface area contributed by atoms with Crippen LogP contribution in [-0.4, -0.2) is 35.0 Å². The maximum Gasteiger partial charge on any atom is 0.230 e. The smallest absolute Gasteiger partial charge is 0.230 e. The van der Waals surface area contributed by atoms with Gasteiger partial charge in [-0.05, 0) is 42.7 Å². The highest BCUT2D eigenvalue weighted by Gasteiger charge is 2.31. The van der Waals surface area contributed by atoms with Crippen molar-refractivity contribution in [3.63, 3.8) is 0 Å². The normalized spacial score (nSPS) is 21.2. The van der Waals surface area contributed by atoms with E-state index in [9.17, 15) is 4.79 Å². The van der Waals surface area contributed by atoms with Gasteiger partial charge in [-0.2, -0.15) is 0 Å². The fourth-order valence-corrected chi connectivity index (χ4v) is 3.86. The van der Waals surface area contributed by atoms with E-state index >= 15 is 0 Å². The number of rotatable bonds is 1. The summed E-state index contributed by atoms with van der Waals surface area (Å²) in [5, 5.41) is 1.29. The largest absolute Gasteiger partial charge is 0.299 e. The fourth-order valence-electron chi connectivity index (χ4n) is 3.86. The highest BCUT2D eigenvalue weighted by atomic mass is 16.1. The first kappa shape index (κ1) is 12.8. The summed E-state index contributed by atoms with van der Waals surface area (Å²) < 4.78 is 1.85. The standard InChI is InChI=1S/C18H20N2O/c1-3-17(21)20-11-12-10-16-13(7-5-9-19(16)2)14-6-4-8-15(20)18(12)14/h4,6-8,11,16H,3,5,9-10H2,1-2H3/t16-/m1/s1. The van der Waals surface area contributed by atoms with Gasteiger partial charge in [0.1, 0.15) is 0 Å². The molecule has 108 valence electrons. The molecule has 1 aromatic heterocycles. The number of fused-ring (bicyclic) bond motifs is 2. The maximum absolute atomic E-state index is 12.2. The lowest BCUT2D eigenvalue weighted by Crippen LogP contribution is -2.39. The van der Waals surface area contributed by atoms with Gasteiger partial charge >= 0.3 is 0 Å². The van der Waals surface area contributed by atoms with E-state index in [-0.39, 0.29) is 5.91 Å². The molecule has 0 radical (unpaired) electrons. The van der Waals surface area contributed by atoms with E-state index in [0.29, 0.717) is 12.5 Å². The highest BCUT2D eigenvalue weighted by molar-refractivity contribution is 6.02. The first-order chi connectivity index (χ1) is 10.2. The molecule has 0 spiro atoms. The monoisotopic (exact) mass is 280 g/mol. The van der Waals surface area contributed by atoms with Crippen LogP contribution >= 0.6 is 0 Å². The summed E-state index contributed by atoms with van der Waals surface area (Å²) in [6, 6.07) is 6.83. The Bertz CT molecular complexity index is 769. The molecule has 4 rings (SSSR count). The molecule has 2 aliphatic rings. The second-order valence-corrected chi connectivity index (χ2v) is 6.12. The second kappa shape index (κ2) is 4.57. The van der Waals surface area contributed by atoms with Crippen LogP contribution in [0.1, 0.15) is 35.7 Å². The molecule has 3 heteroatoms. The summed E-state index contributed by atoms with van der Waals surface area (Å²) in [4.78, 5) is 14.6. The SMILES string of the molecule is CCC(=O)n1cc2c3c(cccc31)C1=CCCN(C)[C@@H]1C2. The highest BCUT2D eigenvalue weighted by Crippen LogP contribution is 2.40. The minimum Gasteiger partial charge on any atom is -0.299 e. The van der Waals surface area contributed by atoms with Crippen LogP contribution in [0.5, 0.6) is 0 Å². The number of carbonyl (C=O) groups is 1. The van der Waals surface area contributed by atoms with Gasteiger partial charge in [-0.25, -0.2) is 0 Å². The topological polar surface area (TPSA) is 25.2 Å². The summed E-state index contributed by atoms with van der Waals surface area (Å²) >= 11 is 0.